The third-order valence-electron chi connectivity index (χ3n) is 2.76. The fraction of sp³-hybridized carbons (Fsp3) is 0.0667. The van der Waals surface area contributed by atoms with Crippen LogP contribution in [0.3, 0.4) is 0 Å². The van der Waals surface area contributed by atoms with Gasteiger partial charge in [-0.15, -0.1) is 0 Å². The molecule has 114 valence electrons. The van der Waals surface area contributed by atoms with Crippen molar-refractivity contribution in [1.82, 2.24) is 0 Å². The Kier molecular flexibility index (Phi) is 5.25. The highest BCUT2D eigenvalue weighted by Crippen LogP contribution is 2.20. The largest absolute Gasteiger partial charge is 0.497 e. The highest BCUT2D eigenvalue weighted by molar-refractivity contribution is 6.36. The summed E-state index contributed by atoms with van der Waals surface area (Å²) in [5.74, 6) is -0.0354. The fourth-order valence-electron chi connectivity index (χ4n) is 1.62. The zero-order chi connectivity index (χ0) is 16.1. The highest BCUT2D eigenvalue weighted by atomic mass is 35.5. The summed E-state index contributed by atoms with van der Waals surface area (Å²) in [5, 5.41) is 4.37. The minimum absolute atomic E-state index is 0.0245. The number of rotatable bonds is 4. The van der Waals surface area contributed by atoms with Crippen LogP contribution in [-0.4, -0.2) is 18.9 Å². The number of hydrogen-bond acceptors (Lipinski definition) is 4. The number of carbonyl (C=O) groups excluding carboxylic acids is 1. The normalized spacial score (nSPS) is 11.1. The average Bonchev–Trinajstić information content (AvgIpc) is 2.52. The van der Waals surface area contributed by atoms with Crippen LogP contribution in [0.4, 0.5) is 0 Å². The fourth-order valence-corrected chi connectivity index (χ4v) is 2.12. The SMILES string of the molecule is COc1ccc(C(=O)O/N=C(\N)c2ccc(Cl)cc2Cl)cc1. The zero-order valence-corrected chi connectivity index (χ0v) is 13.1. The second-order valence-electron chi connectivity index (χ2n) is 4.21. The van der Waals surface area contributed by atoms with E-state index in [-0.39, 0.29) is 5.84 Å². The van der Waals surface area contributed by atoms with Crippen molar-refractivity contribution in [1.29, 1.82) is 0 Å². The summed E-state index contributed by atoms with van der Waals surface area (Å²) in [6.45, 7) is 0. The third-order valence-corrected chi connectivity index (χ3v) is 3.31. The number of hydrogen-bond donors (Lipinski definition) is 1. The Morgan fingerprint density at radius 2 is 1.82 bits per heavy atom. The van der Waals surface area contributed by atoms with E-state index < -0.39 is 5.97 Å². The van der Waals surface area contributed by atoms with Crippen molar-refractivity contribution in [3.8, 4) is 5.75 Å². The van der Waals surface area contributed by atoms with Gasteiger partial charge in [-0.25, -0.2) is 4.79 Å². The molecule has 0 unspecified atom stereocenters. The molecular weight excluding hydrogens is 327 g/mol. The molecule has 0 saturated heterocycles. The Bertz CT molecular complexity index is 715. The van der Waals surface area contributed by atoms with E-state index in [1.54, 1.807) is 36.4 Å². The second kappa shape index (κ2) is 7.15. The van der Waals surface area contributed by atoms with Crippen LogP contribution < -0.4 is 10.5 Å². The van der Waals surface area contributed by atoms with Gasteiger partial charge in [-0.05, 0) is 42.5 Å². The molecule has 0 fully saturated rings. The van der Waals surface area contributed by atoms with Gasteiger partial charge in [-0.3, -0.25) is 0 Å². The van der Waals surface area contributed by atoms with Gasteiger partial charge in [0.2, 0.25) is 0 Å². The maximum Gasteiger partial charge on any atom is 0.365 e. The summed E-state index contributed by atoms with van der Waals surface area (Å²) in [7, 11) is 1.54. The molecule has 0 aliphatic carbocycles. The van der Waals surface area contributed by atoms with Gasteiger partial charge in [0, 0.05) is 10.6 Å². The summed E-state index contributed by atoms with van der Waals surface area (Å²) in [6, 6.07) is 11.1. The van der Waals surface area contributed by atoms with Crippen molar-refractivity contribution >= 4 is 35.0 Å². The van der Waals surface area contributed by atoms with E-state index >= 15 is 0 Å². The van der Waals surface area contributed by atoms with Crippen LogP contribution in [0, 0.1) is 0 Å². The van der Waals surface area contributed by atoms with E-state index in [0.717, 1.165) is 0 Å². The Labute approximate surface area is 137 Å². The van der Waals surface area contributed by atoms with E-state index in [4.69, 9.17) is 38.5 Å². The first-order valence-electron chi connectivity index (χ1n) is 6.15. The van der Waals surface area contributed by atoms with E-state index in [1.807, 2.05) is 0 Å². The van der Waals surface area contributed by atoms with Gasteiger partial charge in [0.25, 0.3) is 0 Å². The number of carbonyl (C=O) groups is 1. The molecular formula is C15H12Cl2N2O3. The van der Waals surface area contributed by atoms with Crippen LogP contribution in [0.1, 0.15) is 15.9 Å². The van der Waals surface area contributed by atoms with E-state index in [1.165, 1.54) is 13.2 Å². The van der Waals surface area contributed by atoms with Crippen molar-refractivity contribution in [3.63, 3.8) is 0 Å². The third kappa shape index (κ3) is 3.90. The van der Waals surface area contributed by atoms with Gasteiger partial charge in [0.15, 0.2) is 5.84 Å². The molecule has 0 atom stereocenters. The smallest absolute Gasteiger partial charge is 0.365 e. The van der Waals surface area contributed by atoms with Gasteiger partial charge in [0.05, 0.1) is 17.7 Å². The van der Waals surface area contributed by atoms with Crippen LogP contribution in [0.15, 0.2) is 47.6 Å². The standard InChI is InChI=1S/C15H12Cl2N2O3/c1-21-11-5-2-9(3-6-11)15(20)22-19-14(18)12-7-4-10(16)8-13(12)17/h2-8H,1H3,(H2,18,19). The molecule has 0 heterocycles. The van der Waals surface area contributed by atoms with Crippen LogP contribution in [-0.2, 0) is 4.84 Å². The lowest BCUT2D eigenvalue weighted by Crippen LogP contribution is -2.15. The number of nitrogens with zero attached hydrogens (tertiary/aromatic N) is 1. The molecule has 7 heteroatoms. The summed E-state index contributed by atoms with van der Waals surface area (Å²) < 4.78 is 5.00. The first kappa shape index (κ1) is 16.1. The molecule has 0 spiro atoms. The molecule has 0 amide bonds. The zero-order valence-electron chi connectivity index (χ0n) is 11.5. The Morgan fingerprint density at radius 3 is 2.41 bits per heavy atom. The van der Waals surface area contributed by atoms with Crippen molar-refractivity contribution in [3.05, 3.63) is 63.6 Å². The number of amidine groups is 1. The minimum atomic E-state index is -0.643. The maximum absolute atomic E-state index is 11.8. The molecule has 2 aromatic carbocycles. The molecule has 0 aromatic heterocycles. The number of methoxy groups -OCH3 is 1. The number of ether oxygens (including phenoxy) is 1. The number of benzene rings is 2. The molecule has 2 aromatic rings. The van der Waals surface area contributed by atoms with Crippen LogP contribution >= 0.6 is 23.2 Å². The van der Waals surface area contributed by atoms with E-state index in [2.05, 4.69) is 5.16 Å². The summed E-state index contributed by atoms with van der Waals surface area (Å²) in [5.41, 5.74) is 6.49. The lowest BCUT2D eigenvalue weighted by molar-refractivity contribution is 0.0516. The lowest BCUT2D eigenvalue weighted by atomic mass is 10.2. The topological polar surface area (TPSA) is 73.9 Å². The Balaban J connectivity index is 2.10. The van der Waals surface area contributed by atoms with Crippen LogP contribution in [0.5, 0.6) is 5.75 Å². The predicted octanol–water partition coefficient (Wildman–Crippen LogP) is 3.48. The molecule has 0 saturated carbocycles. The Hall–Kier alpha value is -2.24. The molecule has 0 aliphatic rings. The van der Waals surface area contributed by atoms with Gasteiger partial charge in [-0.1, -0.05) is 28.4 Å². The first-order valence-corrected chi connectivity index (χ1v) is 6.91. The predicted molar refractivity (Wildman–Crippen MR) is 85.6 cm³/mol. The van der Waals surface area contributed by atoms with Crippen LogP contribution in [0.2, 0.25) is 10.0 Å². The first-order chi connectivity index (χ1) is 10.5. The average molecular weight is 339 g/mol. The lowest BCUT2D eigenvalue weighted by Gasteiger charge is -2.04. The molecule has 2 rings (SSSR count). The molecule has 0 radical (unpaired) electrons. The maximum atomic E-state index is 11.8. The minimum Gasteiger partial charge on any atom is -0.497 e. The molecule has 0 bridgehead atoms. The summed E-state index contributed by atoms with van der Waals surface area (Å²) in [4.78, 5) is 16.6. The molecule has 5 nitrogen and oxygen atoms in total. The van der Waals surface area contributed by atoms with Crippen molar-refractivity contribution in [2.24, 2.45) is 10.9 Å². The van der Waals surface area contributed by atoms with Gasteiger partial charge in [0.1, 0.15) is 5.75 Å². The van der Waals surface area contributed by atoms with Crippen molar-refractivity contribution in [2.75, 3.05) is 7.11 Å². The van der Waals surface area contributed by atoms with Gasteiger partial charge >= 0.3 is 5.97 Å². The van der Waals surface area contributed by atoms with Gasteiger partial charge < -0.3 is 15.3 Å². The number of halogens is 2. The van der Waals surface area contributed by atoms with Crippen LogP contribution in [0.25, 0.3) is 0 Å². The van der Waals surface area contributed by atoms with Crippen molar-refractivity contribution in [2.45, 2.75) is 0 Å². The van der Waals surface area contributed by atoms with E-state index in [9.17, 15) is 4.79 Å². The highest BCUT2D eigenvalue weighted by Gasteiger charge is 2.10. The molecule has 0 aliphatic heterocycles. The summed E-state index contributed by atoms with van der Waals surface area (Å²) >= 11 is 11.8. The van der Waals surface area contributed by atoms with Gasteiger partial charge in [-0.2, -0.15) is 0 Å². The Morgan fingerprint density at radius 1 is 1.14 bits per heavy atom. The molecule has 2 N–H and O–H groups in total. The second-order valence-corrected chi connectivity index (χ2v) is 5.05. The van der Waals surface area contributed by atoms with Crippen molar-refractivity contribution < 1.29 is 14.4 Å². The monoisotopic (exact) mass is 338 g/mol. The quantitative estimate of drug-likeness (QED) is 0.401. The van der Waals surface area contributed by atoms with E-state index in [0.29, 0.717) is 26.9 Å². The molecule has 22 heavy (non-hydrogen) atoms. The number of oxime groups is 1. The summed E-state index contributed by atoms with van der Waals surface area (Å²) in [6.07, 6.45) is 0. The number of nitrogens with two attached hydrogens (primary N) is 1.